The van der Waals surface area contributed by atoms with E-state index in [1.807, 2.05) is 0 Å². The molecule has 0 aromatic heterocycles. The molecule has 0 radical (unpaired) electrons. The van der Waals surface area contributed by atoms with Crippen molar-refractivity contribution in [2.75, 3.05) is 11.9 Å². The summed E-state index contributed by atoms with van der Waals surface area (Å²) in [5.74, 6) is -0.457. The van der Waals surface area contributed by atoms with Gasteiger partial charge in [-0.15, -0.1) is 0 Å². The second-order valence-corrected chi connectivity index (χ2v) is 10.7. The highest BCUT2D eigenvalue weighted by Gasteiger charge is 2.36. The van der Waals surface area contributed by atoms with Crippen LogP contribution in [0.2, 0.25) is 15.1 Å². The van der Waals surface area contributed by atoms with Gasteiger partial charge in [0.2, 0.25) is 5.91 Å². The molecule has 0 unspecified atom stereocenters. The maximum atomic E-state index is 12.8. The number of nitrogens with one attached hydrogen (secondary N) is 1. The average molecular weight is 627 g/mol. The number of benzene rings is 3. The lowest BCUT2D eigenvalue weighted by atomic mass is 10.2. The molecule has 0 aliphatic carbocycles. The molecule has 36 heavy (non-hydrogen) atoms. The molecule has 0 spiro atoms. The number of amides is 3. The molecular weight excluding hydrogens is 611 g/mol. The predicted molar refractivity (Wildman–Crippen MR) is 148 cm³/mol. The quantitative estimate of drug-likeness (QED) is 0.273. The van der Waals surface area contributed by atoms with Crippen LogP contribution in [0, 0.1) is 0 Å². The summed E-state index contributed by atoms with van der Waals surface area (Å²) in [5, 5.41) is 3.70. The zero-order valence-corrected chi connectivity index (χ0v) is 22.9. The SMILES string of the molecule is O=C(CN1C(=O)S/C(=C/c2ccc(OCc3ccc(Cl)cc3Cl)c(Br)c2)C1=O)Nc1ccc(Cl)cc1. The summed E-state index contributed by atoms with van der Waals surface area (Å²) in [7, 11) is 0. The lowest BCUT2D eigenvalue weighted by molar-refractivity contribution is -0.127. The maximum absolute atomic E-state index is 12.8. The zero-order chi connectivity index (χ0) is 25.8. The highest BCUT2D eigenvalue weighted by molar-refractivity contribution is 9.10. The molecule has 3 aromatic carbocycles. The molecule has 3 aromatic rings. The largest absolute Gasteiger partial charge is 0.488 e. The van der Waals surface area contributed by atoms with Gasteiger partial charge < -0.3 is 10.1 Å². The van der Waals surface area contributed by atoms with E-state index in [9.17, 15) is 14.4 Å². The van der Waals surface area contributed by atoms with E-state index >= 15 is 0 Å². The van der Waals surface area contributed by atoms with Gasteiger partial charge in [-0.2, -0.15) is 0 Å². The van der Waals surface area contributed by atoms with Gasteiger partial charge in [-0.25, -0.2) is 0 Å². The molecule has 184 valence electrons. The topological polar surface area (TPSA) is 75.7 Å². The van der Waals surface area contributed by atoms with Gasteiger partial charge in [0.25, 0.3) is 11.1 Å². The number of carbonyl (C=O) groups excluding carboxylic acids is 3. The molecule has 11 heteroatoms. The first kappa shape index (κ1) is 26.6. The Labute approximate surface area is 234 Å². The number of hydrogen-bond acceptors (Lipinski definition) is 5. The fraction of sp³-hybridized carbons (Fsp3) is 0.0800. The van der Waals surface area contributed by atoms with E-state index in [2.05, 4.69) is 21.2 Å². The lowest BCUT2D eigenvalue weighted by Crippen LogP contribution is -2.36. The van der Waals surface area contributed by atoms with Gasteiger partial charge in [0.15, 0.2) is 0 Å². The third kappa shape index (κ3) is 6.63. The molecular formula is C25H16BrCl3N2O4S. The van der Waals surface area contributed by atoms with Gasteiger partial charge in [0.05, 0.1) is 9.38 Å². The van der Waals surface area contributed by atoms with E-state index in [0.29, 0.717) is 36.5 Å². The molecule has 1 aliphatic rings. The van der Waals surface area contributed by atoms with Crippen molar-refractivity contribution in [3.05, 3.63) is 96.2 Å². The van der Waals surface area contributed by atoms with Gasteiger partial charge in [0.1, 0.15) is 18.9 Å². The monoisotopic (exact) mass is 624 g/mol. The van der Waals surface area contributed by atoms with E-state index in [1.165, 1.54) is 0 Å². The molecule has 1 fully saturated rings. The van der Waals surface area contributed by atoms with Gasteiger partial charge in [-0.3, -0.25) is 19.3 Å². The number of halogens is 4. The Morgan fingerprint density at radius 1 is 1.00 bits per heavy atom. The van der Waals surface area contributed by atoms with Crippen LogP contribution in [0.1, 0.15) is 11.1 Å². The number of anilines is 1. The number of carbonyl (C=O) groups is 3. The Kier molecular flexibility index (Phi) is 8.64. The number of hydrogen-bond donors (Lipinski definition) is 1. The Balaban J connectivity index is 1.40. The van der Waals surface area contributed by atoms with Gasteiger partial charge in [0, 0.05) is 26.3 Å². The van der Waals surface area contributed by atoms with Crippen molar-refractivity contribution < 1.29 is 19.1 Å². The van der Waals surface area contributed by atoms with Crippen molar-refractivity contribution in [2.45, 2.75) is 6.61 Å². The van der Waals surface area contributed by atoms with Crippen LogP contribution in [0.4, 0.5) is 10.5 Å². The van der Waals surface area contributed by atoms with E-state index in [4.69, 9.17) is 39.5 Å². The fourth-order valence-corrected chi connectivity index (χ4v) is 5.12. The number of nitrogens with zero attached hydrogens (tertiary/aromatic N) is 1. The van der Waals surface area contributed by atoms with Crippen LogP contribution in [-0.4, -0.2) is 28.5 Å². The van der Waals surface area contributed by atoms with Crippen molar-refractivity contribution >= 4 is 91.3 Å². The highest BCUT2D eigenvalue weighted by atomic mass is 79.9. The van der Waals surface area contributed by atoms with Crippen LogP contribution in [0.15, 0.2) is 70.0 Å². The average Bonchev–Trinajstić information content (AvgIpc) is 3.08. The van der Waals surface area contributed by atoms with Crippen molar-refractivity contribution in [1.82, 2.24) is 4.90 Å². The number of rotatable bonds is 7. The normalized spacial score (nSPS) is 14.4. The first-order valence-corrected chi connectivity index (χ1v) is 13.1. The minimum atomic E-state index is -0.537. The van der Waals surface area contributed by atoms with E-state index in [-0.39, 0.29) is 11.5 Å². The summed E-state index contributed by atoms with van der Waals surface area (Å²) in [4.78, 5) is 38.6. The van der Waals surface area contributed by atoms with Crippen LogP contribution in [0.3, 0.4) is 0 Å². The first-order chi connectivity index (χ1) is 17.2. The summed E-state index contributed by atoms with van der Waals surface area (Å²) in [6.07, 6.45) is 1.59. The second kappa shape index (κ2) is 11.7. The zero-order valence-electron chi connectivity index (χ0n) is 18.3. The Morgan fingerprint density at radius 2 is 1.72 bits per heavy atom. The standard InChI is InChI=1S/C25H16BrCl3N2O4S/c26-19-9-14(1-8-21(19)35-13-15-2-3-17(28)11-20(15)29)10-22-24(33)31(25(34)36-22)12-23(32)30-18-6-4-16(27)5-7-18/h1-11H,12-13H2,(H,30,32)/b22-10+. The van der Waals surface area contributed by atoms with Crippen LogP contribution in [-0.2, 0) is 16.2 Å². The molecule has 6 nitrogen and oxygen atoms in total. The molecule has 4 rings (SSSR count). The number of thioether (sulfide) groups is 1. The van der Waals surface area contributed by atoms with Gasteiger partial charge in [-0.1, -0.05) is 46.9 Å². The summed E-state index contributed by atoms with van der Waals surface area (Å²) >= 11 is 22.2. The number of ether oxygens (including phenoxy) is 1. The van der Waals surface area contributed by atoms with Crippen molar-refractivity contribution in [1.29, 1.82) is 0 Å². The number of imide groups is 1. The van der Waals surface area contributed by atoms with Gasteiger partial charge >= 0.3 is 0 Å². The van der Waals surface area contributed by atoms with Crippen LogP contribution in [0.5, 0.6) is 5.75 Å². The van der Waals surface area contributed by atoms with Crippen molar-refractivity contribution in [2.24, 2.45) is 0 Å². The molecule has 1 aliphatic heterocycles. The molecule has 1 saturated heterocycles. The minimum Gasteiger partial charge on any atom is -0.488 e. The molecule has 0 saturated carbocycles. The molecule has 0 atom stereocenters. The summed E-state index contributed by atoms with van der Waals surface area (Å²) in [5.41, 5.74) is 1.97. The van der Waals surface area contributed by atoms with Gasteiger partial charge in [-0.05, 0) is 87.9 Å². The summed E-state index contributed by atoms with van der Waals surface area (Å²) < 4.78 is 6.50. The minimum absolute atomic E-state index is 0.216. The molecule has 1 N–H and O–H groups in total. The third-order valence-corrected chi connectivity index (χ3v) is 7.32. The van der Waals surface area contributed by atoms with Crippen LogP contribution >= 0.6 is 62.5 Å². The van der Waals surface area contributed by atoms with Crippen molar-refractivity contribution in [3.8, 4) is 5.75 Å². The Bertz CT molecular complexity index is 1380. The van der Waals surface area contributed by atoms with Crippen molar-refractivity contribution in [3.63, 3.8) is 0 Å². The first-order valence-electron chi connectivity index (χ1n) is 10.4. The predicted octanol–water partition coefficient (Wildman–Crippen LogP) is 7.66. The summed E-state index contributed by atoms with van der Waals surface area (Å²) in [6, 6.07) is 16.9. The maximum Gasteiger partial charge on any atom is 0.294 e. The van der Waals surface area contributed by atoms with E-state index in [1.54, 1.807) is 66.7 Å². The van der Waals surface area contributed by atoms with E-state index < -0.39 is 23.6 Å². The molecule has 0 bridgehead atoms. The Morgan fingerprint density at radius 3 is 2.42 bits per heavy atom. The smallest absolute Gasteiger partial charge is 0.294 e. The van der Waals surface area contributed by atoms with Crippen LogP contribution in [0.25, 0.3) is 6.08 Å². The third-order valence-electron chi connectivity index (χ3n) is 4.96. The van der Waals surface area contributed by atoms with Crippen LogP contribution < -0.4 is 10.1 Å². The Hall–Kier alpha value is -2.49. The fourth-order valence-electron chi connectivity index (χ4n) is 3.18. The molecule has 1 heterocycles. The second-order valence-electron chi connectivity index (χ2n) is 7.54. The molecule has 3 amide bonds. The highest BCUT2D eigenvalue weighted by Crippen LogP contribution is 2.34. The van der Waals surface area contributed by atoms with E-state index in [0.717, 1.165) is 22.2 Å². The lowest BCUT2D eigenvalue weighted by Gasteiger charge is -2.12. The summed E-state index contributed by atoms with van der Waals surface area (Å²) in [6.45, 7) is -0.153.